The Kier molecular flexibility index (Phi) is 4.06. The fourth-order valence-corrected chi connectivity index (χ4v) is 1.61. The Morgan fingerprint density at radius 1 is 1.29 bits per heavy atom. The number of thiocarbonyl (C=S) groups is 1. The summed E-state index contributed by atoms with van der Waals surface area (Å²) in [4.78, 5) is 23.1. The summed E-state index contributed by atoms with van der Waals surface area (Å²) in [7, 11) is 3.00. The van der Waals surface area contributed by atoms with Gasteiger partial charge in [0.25, 0.3) is 5.56 Å². The first-order chi connectivity index (χ1) is 7.82. The quantitative estimate of drug-likeness (QED) is 0.716. The first-order valence-corrected chi connectivity index (χ1v) is 5.58. The minimum Gasteiger partial charge on any atom is -0.360 e. The molecule has 0 amide bonds. The molecule has 0 radical (unpaired) electrons. The highest BCUT2D eigenvalue weighted by atomic mass is 32.1. The Hall–Kier alpha value is -1.63. The van der Waals surface area contributed by atoms with Crippen molar-refractivity contribution in [2.75, 3.05) is 5.32 Å². The van der Waals surface area contributed by atoms with Crippen LogP contribution in [0.1, 0.15) is 13.8 Å². The molecule has 0 spiro atoms. The van der Waals surface area contributed by atoms with Gasteiger partial charge >= 0.3 is 5.69 Å². The van der Waals surface area contributed by atoms with Gasteiger partial charge in [0, 0.05) is 26.2 Å². The molecule has 0 bridgehead atoms. The van der Waals surface area contributed by atoms with Gasteiger partial charge in [0.05, 0.1) is 0 Å². The standard InChI is InChI=1S/C10H16N4O2S/c1-6(2)11-9(17)12-7-5-8(15)14(4)10(16)13(7)3/h5-6H,1-4H3,(H2,11,12,17). The van der Waals surface area contributed by atoms with E-state index < -0.39 is 5.69 Å². The highest BCUT2D eigenvalue weighted by Crippen LogP contribution is 1.98. The van der Waals surface area contributed by atoms with E-state index in [2.05, 4.69) is 10.6 Å². The second-order valence-electron chi connectivity index (χ2n) is 4.02. The monoisotopic (exact) mass is 256 g/mol. The van der Waals surface area contributed by atoms with Crippen LogP contribution in [0.3, 0.4) is 0 Å². The third kappa shape index (κ3) is 3.16. The van der Waals surface area contributed by atoms with Crippen molar-refractivity contribution in [2.45, 2.75) is 19.9 Å². The molecule has 0 aromatic carbocycles. The van der Waals surface area contributed by atoms with E-state index in [1.165, 1.54) is 17.7 Å². The summed E-state index contributed by atoms with van der Waals surface area (Å²) in [5, 5.41) is 6.17. The number of anilines is 1. The van der Waals surface area contributed by atoms with Crippen LogP contribution in [-0.2, 0) is 14.1 Å². The third-order valence-electron chi connectivity index (χ3n) is 2.19. The number of nitrogens with zero attached hydrogens (tertiary/aromatic N) is 2. The number of nitrogens with one attached hydrogen (secondary N) is 2. The lowest BCUT2D eigenvalue weighted by Gasteiger charge is -2.15. The zero-order valence-electron chi connectivity index (χ0n) is 10.3. The number of hydrogen-bond acceptors (Lipinski definition) is 3. The second kappa shape index (κ2) is 5.13. The van der Waals surface area contributed by atoms with Crippen LogP contribution in [0.15, 0.2) is 15.7 Å². The summed E-state index contributed by atoms with van der Waals surface area (Å²) in [5.74, 6) is 0.372. The third-order valence-corrected chi connectivity index (χ3v) is 2.41. The van der Waals surface area contributed by atoms with Crippen molar-refractivity contribution in [1.82, 2.24) is 14.5 Å². The summed E-state index contributed by atoms with van der Waals surface area (Å²) < 4.78 is 2.36. The Morgan fingerprint density at radius 2 is 1.88 bits per heavy atom. The van der Waals surface area contributed by atoms with Gasteiger partial charge in [-0.2, -0.15) is 0 Å². The van der Waals surface area contributed by atoms with Crippen LogP contribution in [0.4, 0.5) is 5.82 Å². The van der Waals surface area contributed by atoms with Gasteiger partial charge in [-0.3, -0.25) is 13.9 Å². The van der Waals surface area contributed by atoms with Crippen molar-refractivity contribution in [3.63, 3.8) is 0 Å². The van der Waals surface area contributed by atoms with Crippen LogP contribution in [-0.4, -0.2) is 20.3 Å². The Morgan fingerprint density at radius 3 is 2.41 bits per heavy atom. The summed E-state index contributed by atoms with van der Waals surface area (Å²) in [5.41, 5.74) is -0.768. The molecule has 0 unspecified atom stereocenters. The average molecular weight is 256 g/mol. The molecule has 2 N–H and O–H groups in total. The van der Waals surface area contributed by atoms with Crippen LogP contribution in [0.25, 0.3) is 0 Å². The molecular weight excluding hydrogens is 240 g/mol. The Bertz CT molecular complexity index is 544. The van der Waals surface area contributed by atoms with Crippen LogP contribution >= 0.6 is 12.2 Å². The lowest BCUT2D eigenvalue weighted by molar-refractivity contribution is 0.691. The zero-order chi connectivity index (χ0) is 13.2. The highest BCUT2D eigenvalue weighted by molar-refractivity contribution is 7.80. The molecule has 1 heterocycles. The SMILES string of the molecule is CC(C)NC(=S)Nc1cc(=O)n(C)c(=O)n1C. The molecular formula is C10H16N4O2S. The van der Waals surface area contributed by atoms with E-state index in [0.29, 0.717) is 10.9 Å². The first-order valence-electron chi connectivity index (χ1n) is 5.17. The van der Waals surface area contributed by atoms with Gasteiger partial charge in [0.1, 0.15) is 5.82 Å². The maximum absolute atomic E-state index is 11.6. The van der Waals surface area contributed by atoms with E-state index in [9.17, 15) is 9.59 Å². The fraction of sp³-hybridized carbons (Fsp3) is 0.500. The Balaban J connectivity index is 3.05. The van der Waals surface area contributed by atoms with Gasteiger partial charge in [-0.25, -0.2) is 4.79 Å². The van der Waals surface area contributed by atoms with Crippen molar-refractivity contribution in [3.8, 4) is 0 Å². The molecule has 6 nitrogen and oxygen atoms in total. The largest absolute Gasteiger partial charge is 0.360 e. The molecule has 17 heavy (non-hydrogen) atoms. The van der Waals surface area contributed by atoms with Gasteiger partial charge in [0.2, 0.25) is 0 Å². The van der Waals surface area contributed by atoms with Crippen LogP contribution < -0.4 is 21.9 Å². The lowest BCUT2D eigenvalue weighted by atomic mass is 10.4. The molecule has 0 aliphatic carbocycles. The molecule has 0 atom stereocenters. The lowest BCUT2D eigenvalue weighted by Crippen LogP contribution is -2.40. The predicted octanol–water partition coefficient (Wildman–Crippen LogP) is -0.221. The van der Waals surface area contributed by atoms with Crippen molar-refractivity contribution >= 4 is 23.1 Å². The van der Waals surface area contributed by atoms with Crippen LogP contribution in [0, 0.1) is 0 Å². The molecule has 1 rings (SSSR count). The molecule has 7 heteroatoms. The molecule has 1 aromatic heterocycles. The summed E-state index contributed by atoms with van der Waals surface area (Å²) in [6.07, 6.45) is 0. The molecule has 0 fully saturated rings. The van der Waals surface area contributed by atoms with Gasteiger partial charge in [-0.05, 0) is 26.1 Å². The summed E-state index contributed by atoms with van der Waals surface area (Å²) >= 11 is 5.04. The highest BCUT2D eigenvalue weighted by Gasteiger charge is 2.07. The van der Waals surface area contributed by atoms with E-state index in [1.54, 1.807) is 7.05 Å². The van der Waals surface area contributed by atoms with Crippen molar-refractivity contribution in [1.29, 1.82) is 0 Å². The summed E-state index contributed by atoms with van der Waals surface area (Å²) in [6.45, 7) is 3.88. The molecule has 0 saturated heterocycles. The second-order valence-corrected chi connectivity index (χ2v) is 4.43. The van der Waals surface area contributed by atoms with E-state index in [4.69, 9.17) is 12.2 Å². The van der Waals surface area contributed by atoms with Crippen molar-refractivity contribution < 1.29 is 0 Å². The molecule has 0 saturated carbocycles. The number of hydrogen-bond donors (Lipinski definition) is 2. The van der Waals surface area contributed by atoms with Crippen molar-refractivity contribution in [3.05, 3.63) is 26.9 Å². The minimum atomic E-state index is -0.396. The number of aromatic nitrogens is 2. The van der Waals surface area contributed by atoms with Gasteiger partial charge in [0.15, 0.2) is 5.11 Å². The first kappa shape index (κ1) is 13.4. The zero-order valence-corrected chi connectivity index (χ0v) is 11.1. The molecule has 0 aliphatic heterocycles. The van der Waals surface area contributed by atoms with E-state index >= 15 is 0 Å². The van der Waals surface area contributed by atoms with Crippen molar-refractivity contribution in [2.24, 2.45) is 14.1 Å². The van der Waals surface area contributed by atoms with Gasteiger partial charge in [-0.1, -0.05) is 0 Å². The number of rotatable bonds is 2. The van der Waals surface area contributed by atoms with Crippen LogP contribution in [0.2, 0.25) is 0 Å². The average Bonchev–Trinajstić information content (AvgIpc) is 2.21. The fourth-order valence-electron chi connectivity index (χ4n) is 1.27. The summed E-state index contributed by atoms with van der Waals surface area (Å²) in [6, 6.07) is 1.51. The molecule has 0 aliphatic rings. The van der Waals surface area contributed by atoms with E-state index in [-0.39, 0.29) is 11.6 Å². The molecule has 94 valence electrons. The topological polar surface area (TPSA) is 68.1 Å². The predicted molar refractivity (Wildman–Crippen MR) is 71.4 cm³/mol. The Labute approximate surface area is 104 Å². The van der Waals surface area contributed by atoms with E-state index in [1.807, 2.05) is 13.8 Å². The smallest absolute Gasteiger partial charge is 0.332 e. The van der Waals surface area contributed by atoms with Gasteiger partial charge < -0.3 is 10.6 Å². The maximum atomic E-state index is 11.6. The normalized spacial score (nSPS) is 10.4. The van der Waals surface area contributed by atoms with E-state index in [0.717, 1.165) is 4.57 Å². The van der Waals surface area contributed by atoms with Crippen LogP contribution in [0.5, 0.6) is 0 Å². The minimum absolute atomic E-state index is 0.179. The van der Waals surface area contributed by atoms with Gasteiger partial charge in [-0.15, -0.1) is 0 Å². The molecule has 1 aromatic rings. The maximum Gasteiger partial charge on any atom is 0.332 e.